The second-order valence-corrected chi connectivity index (χ2v) is 9.81. The van der Waals surface area contributed by atoms with Crippen LogP contribution < -0.4 is 15.6 Å². The largest absolute Gasteiger partial charge is 0.408 e. The van der Waals surface area contributed by atoms with Crippen molar-refractivity contribution in [3.8, 4) is 5.82 Å². The van der Waals surface area contributed by atoms with Crippen LogP contribution in [0.1, 0.15) is 29.6 Å². The quantitative estimate of drug-likeness (QED) is 0.520. The van der Waals surface area contributed by atoms with Gasteiger partial charge in [0.25, 0.3) is 5.91 Å². The molecule has 188 valence electrons. The number of amides is 1. The zero-order valence-electron chi connectivity index (χ0n) is 18.8. The molecule has 36 heavy (non-hydrogen) atoms. The highest BCUT2D eigenvalue weighted by atomic mass is 19.4. The topological polar surface area (TPSA) is 100 Å². The van der Waals surface area contributed by atoms with Crippen LogP contribution in [0.25, 0.3) is 16.9 Å². The first-order valence-corrected chi connectivity index (χ1v) is 11.6. The standard InChI is InChI=1S/C24H21F4N5O3/c25-16-2-1-7-29-21(16)33-10-15(22(35)31-19(12-3-4-12)24(26,27)28)18(34)14-5-6-17(30-20(14)33)32-9-13-8-23(13,36)11-32/h1-2,5-7,10,12-13,19,36H,3-4,8-9,11H2,(H,31,35)/t13?,19-,23-/m1/s1. The van der Waals surface area contributed by atoms with E-state index in [9.17, 15) is 32.3 Å². The average molecular weight is 503 g/mol. The number of nitrogens with one attached hydrogen (secondary N) is 1. The van der Waals surface area contributed by atoms with Gasteiger partial charge in [-0.05, 0) is 49.4 Å². The molecule has 1 aliphatic heterocycles. The van der Waals surface area contributed by atoms with Crippen molar-refractivity contribution in [1.82, 2.24) is 19.9 Å². The maximum Gasteiger partial charge on any atom is 0.408 e. The minimum absolute atomic E-state index is 0.00576. The molecule has 3 aromatic rings. The number of fused-ring (bicyclic) bond motifs is 2. The number of aromatic nitrogens is 3. The average Bonchev–Trinajstić information content (AvgIpc) is 3.74. The Morgan fingerprint density at radius 1 is 1.25 bits per heavy atom. The third-order valence-electron chi connectivity index (χ3n) is 7.21. The molecule has 3 aromatic heterocycles. The fraction of sp³-hybridized carbons (Fsp3) is 0.417. The molecule has 3 fully saturated rings. The predicted octanol–water partition coefficient (Wildman–Crippen LogP) is 2.56. The van der Waals surface area contributed by atoms with E-state index in [1.807, 2.05) is 10.2 Å². The van der Waals surface area contributed by atoms with Crippen LogP contribution in [0.15, 0.2) is 41.5 Å². The SMILES string of the molecule is O=C(N[C@H](C1CC1)C(F)(F)F)c1cn(-c2ncccc2F)c2nc(N3CC4C[C@@]4(O)C3)ccc2c1=O. The van der Waals surface area contributed by atoms with Crippen molar-refractivity contribution in [2.45, 2.75) is 37.1 Å². The number of carbonyl (C=O) groups excluding carboxylic acids is 1. The molecule has 3 atom stereocenters. The van der Waals surface area contributed by atoms with Crippen LogP contribution >= 0.6 is 0 Å². The summed E-state index contributed by atoms with van der Waals surface area (Å²) in [7, 11) is 0. The Bertz CT molecular complexity index is 1450. The Labute approximate surface area is 201 Å². The number of pyridine rings is 3. The minimum atomic E-state index is -4.67. The molecule has 1 saturated heterocycles. The molecule has 4 heterocycles. The Balaban J connectivity index is 1.46. The number of β-amino-alcohol motifs (C(OH)–C–C–N with tert-alkyl or cyclic N) is 1. The van der Waals surface area contributed by atoms with Crippen LogP contribution in [0.4, 0.5) is 23.4 Å². The summed E-state index contributed by atoms with van der Waals surface area (Å²) in [6, 6.07) is 3.36. The van der Waals surface area contributed by atoms with Crippen molar-refractivity contribution in [1.29, 1.82) is 0 Å². The van der Waals surface area contributed by atoms with Gasteiger partial charge in [0.15, 0.2) is 17.3 Å². The molecule has 0 aromatic carbocycles. The summed E-state index contributed by atoms with van der Waals surface area (Å²) < 4.78 is 56.3. The summed E-state index contributed by atoms with van der Waals surface area (Å²) in [5.74, 6) is -2.41. The number of halogens is 4. The molecule has 3 aliphatic rings. The molecule has 2 N–H and O–H groups in total. The number of aliphatic hydroxyl groups is 1. The number of hydrogen-bond acceptors (Lipinski definition) is 6. The number of anilines is 1. The van der Waals surface area contributed by atoms with Gasteiger partial charge in [0.05, 0.1) is 11.0 Å². The van der Waals surface area contributed by atoms with Crippen LogP contribution in [0.3, 0.4) is 0 Å². The van der Waals surface area contributed by atoms with Crippen molar-refractivity contribution in [2.24, 2.45) is 11.8 Å². The zero-order valence-corrected chi connectivity index (χ0v) is 18.8. The molecule has 1 amide bonds. The lowest BCUT2D eigenvalue weighted by Gasteiger charge is -2.22. The van der Waals surface area contributed by atoms with Crippen LogP contribution in [0.2, 0.25) is 0 Å². The molecular formula is C24H21F4N5O3. The maximum absolute atomic E-state index is 14.7. The summed E-state index contributed by atoms with van der Waals surface area (Å²) in [4.78, 5) is 36.5. The van der Waals surface area contributed by atoms with Crippen molar-refractivity contribution >= 4 is 22.8 Å². The maximum atomic E-state index is 14.7. The van der Waals surface area contributed by atoms with E-state index in [-0.39, 0.29) is 22.8 Å². The predicted molar refractivity (Wildman–Crippen MR) is 120 cm³/mol. The highest BCUT2D eigenvalue weighted by molar-refractivity contribution is 5.97. The molecule has 0 spiro atoms. The van der Waals surface area contributed by atoms with E-state index in [4.69, 9.17) is 0 Å². The van der Waals surface area contributed by atoms with Crippen LogP contribution in [0.5, 0.6) is 0 Å². The van der Waals surface area contributed by atoms with E-state index in [1.165, 1.54) is 18.3 Å². The molecule has 8 nitrogen and oxygen atoms in total. The summed E-state index contributed by atoms with van der Waals surface area (Å²) in [6.07, 6.45) is -1.02. The zero-order chi connectivity index (χ0) is 25.4. The van der Waals surface area contributed by atoms with Gasteiger partial charge in [-0.25, -0.2) is 14.4 Å². The second-order valence-electron chi connectivity index (χ2n) is 9.81. The monoisotopic (exact) mass is 503 g/mol. The molecule has 1 unspecified atom stereocenters. The summed E-state index contributed by atoms with van der Waals surface area (Å²) in [6.45, 7) is 0.927. The van der Waals surface area contributed by atoms with Crippen LogP contribution in [0, 0.1) is 17.7 Å². The Kier molecular flexibility index (Phi) is 4.91. The number of carbonyl (C=O) groups is 1. The summed E-state index contributed by atoms with van der Waals surface area (Å²) in [5, 5.41) is 12.3. The third kappa shape index (κ3) is 3.80. The van der Waals surface area contributed by atoms with Gasteiger partial charge in [0.2, 0.25) is 5.43 Å². The Hall–Kier alpha value is -3.54. The van der Waals surface area contributed by atoms with Crippen molar-refractivity contribution in [2.75, 3.05) is 18.0 Å². The van der Waals surface area contributed by atoms with E-state index >= 15 is 0 Å². The fourth-order valence-corrected chi connectivity index (χ4v) is 4.99. The van der Waals surface area contributed by atoms with Gasteiger partial charge in [-0.1, -0.05) is 0 Å². The normalized spacial score (nSPS) is 24.0. The molecule has 12 heteroatoms. The van der Waals surface area contributed by atoms with Crippen LogP contribution in [-0.2, 0) is 0 Å². The summed E-state index contributed by atoms with van der Waals surface area (Å²) in [5.41, 5.74) is -2.17. The Morgan fingerprint density at radius 2 is 2.03 bits per heavy atom. The number of alkyl halides is 3. The van der Waals surface area contributed by atoms with E-state index in [0.717, 1.165) is 16.8 Å². The molecular weight excluding hydrogens is 482 g/mol. The number of rotatable bonds is 5. The fourth-order valence-electron chi connectivity index (χ4n) is 4.99. The van der Waals surface area contributed by atoms with Gasteiger partial charge < -0.3 is 15.3 Å². The van der Waals surface area contributed by atoms with E-state index < -0.39 is 46.5 Å². The molecule has 0 bridgehead atoms. The number of nitrogens with zero attached hydrogens (tertiary/aromatic N) is 4. The second kappa shape index (κ2) is 7.73. The third-order valence-corrected chi connectivity index (χ3v) is 7.21. The minimum Gasteiger partial charge on any atom is -0.388 e. The van der Waals surface area contributed by atoms with Gasteiger partial charge in [-0.15, -0.1) is 0 Å². The number of piperidine rings is 1. The highest BCUT2D eigenvalue weighted by Gasteiger charge is 2.59. The lowest BCUT2D eigenvalue weighted by atomic mass is 10.1. The Morgan fingerprint density at radius 3 is 2.67 bits per heavy atom. The van der Waals surface area contributed by atoms with E-state index in [0.29, 0.717) is 38.2 Å². The van der Waals surface area contributed by atoms with Gasteiger partial charge >= 0.3 is 6.18 Å². The molecule has 2 saturated carbocycles. The molecule has 0 radical (unpaired) electrons. The van der Waals surface area contributed by atoms with Gasteiger partial charge in [-0.3, -0.25) is 14.2 Å². The van der Waals surface area contributed by atoms with Gasteiger partial charge in [0, 0.05) is 31.4 Å². The van der Waals surface area contributed by atoms with Crippen LogP contribution in [-0.4, -0.2) is 56.5 Å². The van der Waals surface area contributed by atoms with E-state index in [2.05, 4.69) is 9.97 Å². The first-order chi connectivity index (χ1) is 17.0. The first kappa shape index (κ1) is 22.9. The van der Waals surface area contributed by atoms with Gasteiger partial charge in [-0.2, -0.15) is 13.2 Å². The number of hydrogen-bond donors (Lipinski definition) is 2. The smallest absolute Gasteiger partial charge is 0.388 e. The highest BCUT2D eigenvalue weighted by Crippen LogP contribution is 2.50. The van der Waals surface area contributed by atoms with Crippen molar-refractivity contribution < 1.29 is 27.5 Å². The molecule has 6 rings (SSSR count). The first-order valence-electron chi connectivity index (χ1n) is 11.6. The van der Waals surface area contributed by atoms with Gasteiger partial charge in [0.1, 0.15) is 17.4 Å². The lowest BCUT2D eigenvalue weighted by molar-refractivity contribution is -0.158. The van der Waals surface area contributed by atoms with Crippen molar-refractivity contribution in [3.63, 3.8) is 0 Å². The summed E-state index contributed by atoms with van der Waals surface area (Å²) >= 11 is 0. The lowest BCUT2D eigenvalue weighted by Crippen LogP contribution is -2.48. The van der Waals surface area contributed by atoms with Crippen molar-refractivity contribution in [3.05, 3.63) is 58.3 Å². The van der Waals surface area contributed by atoms with E-state index in [1.54, 1.807) is 6.07 Å². The molecule has 2 aliphatic carbocycles.